The van der Waals surface area contributed by atoms with Crippen molar-refractivity contribution in [2.45, 2.75) is 25.4 Å². The van der Waals surface area contributed by atoms with Gasteiger partial charge in [0.05, 0.1) is 0 Å². The molecule has 0 saturated carbocycles. The normalized spacial score (nSPS) is 17.9. The van der Waals surface area contributed by atoms with E-state index < -0.39 is 0 Å². The summed E-state index contributed by atoms with van der Waals surface area (Å²) in [4.78, 5) is 12.7. The highest BCUT2D eigenvalue weighted by molar-refractivity contribution is 5.70. The highest BCUT2D eigenvalue weighted by atomic mass is 16.1. The third-order valence-corrected chi connectivity index (χ3v) is 3.22. The standard InChI is InChI=1S/C13H19N3O/c14-12-5-7-16(8-6-12)9-11-1-3-13(4-2-11)15-10-17/h1-4,10,12H,5-9,14H2,(H,15,17). The number of hydrogen-bond donors (Lipinski definition) is 2. The van der Waals surface area contributed by atoms with Gasteiger partial charge in [0.1, 0.15) is 0 Å². The van der Waals surface area contributed by atoms with Crippen LogP contribution in [0.25, 0.3) is 0 Å². The van der Waals surface area contributed by atoms with Crippen LogP contribution < -0.4 is 11.1 Å². The van der Waals surface area contributed by atoms with E-state index in [1.54, 1.807) is 0 Å². The van der Waals surface area contributed by atoms with Gasteiger partial charge in [-0.2, -0.15) is 0 Å². The summed E-state index contributed by atoms with van der Waals surface area (Å²) in [5.41, 5.74) is 7.99. The van der Waals surface area contributed by atoms with Gasteiger partial charge >= 0.3 is 0 Å². The van der Waals surface area contributed by atoms with E-state index in [9.17, 15) is 4.79 Å². The molecule has 0 aliphatic carbocycles. The van der Waals surface area contributed by atoms with Crippen molar-refractivity contribution in [1.82, 2.24) is 4.90 Å². The van der Waals surface area contributed by atoms with Gasteiger partial charge in [-0.1, -0.05) is 12.1 Å². The van der Waals surface area contributed by atoms with Crippen LogP contribution in [0.3, 0.4) is 0 Å². The van der Waals surface area contributed by atoms with Crippen LogP contribution in [0, 0.1) is 0 Å². The molecule has 2 rings (SSSR count). The van der Waals surface area contributed by atoms with E-state index >= 15 is 0 Å². The van der Waals surface area contributed by atoms with Crippen molar-refractivity contribution < 1.29 is 4.79 Å². The lowest BCUT2D eigenvalue weighted by Crippen LogP contribution is -2.39. The first kappa shape index (κ1) is 12.1. The summed E-state index contributed by atoms with van der Waals surface area (Å²) in [6, 6.07) is 8.35. The Labute approximate surface area is 102 Å². The van der Waals surface area contributed by atoms with Crippen LogP contribution >= 0.6 is 0 Å². The third-order valence-electron chi connectivity index (χ3n) is 3.22. The first-order valence-electron chi connectivity index (χ1n) is 6.05. The number of carbonyl (C=O) groups is 1. The summed E-state index contributed by atoms with van der Waals surface area (Å²) in [5, 5.41) is 2.63. The Hall–Kier alpha value is -1.39. The molecule has 1 aliphatic rings. The van der Waals surface area contributed by atoms with Crippen molar-refractivity contribution in [1.29, 1.82) is 0 Å². The quantitative estimate of drug-likeness (QED) is 0.768. The van der Waals surface area contributed by atoms with Gasteiger partial charge in [0.15, 0.2) is 0 Å². The molecule has 0 atom stereocenters. The first-order valence-corrected chi connectivity index (χ1v) is 6.05. The maximum atomic E-state index is 10.3. The van der Waals surface area contributed by atoms with Gasteiger partial charge < -0.3 is 11.1 Å². The molecule has 4 heteroatoms. The zero-order valence-corrected chi connectivity index (χ0v) is 9.93. The number of anilines is 1. The summed E-state index contributed by atoms with van der Waals surface area (Å²) in [5.74, 6) is 0. The Bertz CT molecular complexity index is 355. The number of rotatable bonds is 4. The molecule has 0 unspecified atom stereocenters. The van der Waals surface area contributed by atoms with E-state index in [1.165, 1.54) is 5.56 Å². The Balaban J connectivity index is 1.88. The number of hydrogen-bond acceptors (Lipinski definition) is 3. The van der Waals surface area contributed by atoms with Gasteiger partial charge in [0.2, 0.25) is 6.41 Å². The van der Waals surface area contributed by atoms with Gasteiger partial charge in [-0.15, -0.1) is 0 Å². The SMILES string of the molecule is NC1CCN(Cc2ccc(NC=O)cc2)CC1. The fourth-order valence-electron chi connectivity index (χ4n) is 2.14. The maximum absolute atomic E-state index is 10.3. The average molecular weight is 233 g/mol. The molecule has 0 bridgehead atoms. The molecule has 0 spiro atoms. The van der Waals surface area contributed by atoms with Gasteiger partial charge in [0.25, 0.3) is 0 Å². The second-order valence-electron chi connectivity index (χ2n) is 4.57. The molecule has 1 heterocycles. The molecule has 3 N–H and O–H groups in total. The van der Waals surface area contributed by atoms with Crippen molar-refractivity contribution in [2.24, 2.45) is 5.73 Å². The Kier molecular flexibility index (Phi) is 4.12. The molecule has 1 fully saturated rings. The van der Waals surface area contributed by atoms with Crippen molar-refractivity contribution >= 4 is 12.1 Å². The fourth-order valence-corrected chi connectivity index (χ4v) is 2.14. The third kappa shape index (κ3) is 3.54. The topological polar surface area (TPSA) is 58.4 Å². The monoisotopic (exact) mass is 233 g/mol. The number of benzene rings is 1. The first-order chi connectivity index (χ1) is 8.28. The lowest BCUT2D eigenvalue weighted by Gasteiger charge is -2.30. The fraction of sp³-hybridized carbons (Fsp3) is 0.462. The number of nitrogens with zero attached hydrogens (tertiary/aromatic N) is 1. The van der Waals surface area contributed by atoms with Crippen molar-refractivity contribution in [2.75, 3.05) is 18.4 Å². The summed E-state index contributed by atoms with van der Waals surface area (Å²) in [6.45, 7) is 3.12. The van der Waals surface area contributed by atoms with Crippen LogP contribution in [0.15, 0.2) is 24.3 Å². The summed E-state index contributed by atoms with van der Waals surface area (Å²) in [6.07, 6.45) is 2.87. The molecular weight excluding hydrogens is 214 g/mol. The van der Waals surface area contributed by atoms with E-state index in [2.05, 4.69) is 22.3 Å². The molecule has 1 aromatic rings. The minimum absolute atomic E-state index is 0.380. The largest absolute Gasteiger partial charge is 0.329 e. The highest BCUT2D eigenvalue weighted by Gasteiger charge is 2.15. The zero-order valence-electron chi connectivity index (χ0n) is 9.93. The second kappa shape index (κ2) is 5.80. The van der Waals surface area contributed by atoms with Crippen LogP contribution in [0.5, 0.6) is 0 Å². The lowest BCUT2D eigenvalue weighted by atomic mass is 10.1. The molecule has 0 aromatic heterocycles. The Morgan fingerprint density at radius 2 is 1.94 bits per heavy atom. The second-order valence-corrected chi connectivity index (χ2v) is 4.57. The molecular formula is C13H19N3O. The minimum Gasteiger partial charge on any atom is -0.329 e. The number of likely N-dealkylation sites (tertiary alicyclic amines) is 1. The van der Waals surface area contributed by atoms with E-state index in [4.69, 9.17) is 5.73 Å². The predicted octanol–water partition coefficient (Wildman–Crippen LogP) is 1.18. The van der Waals surface area contributed by atoms with E-state index in [0.717, 1.165) is 38.2 Å². The number of amides is 1. The molecule has 0 radical (unpaired) electrons. The van der Waals surface area contributed by atoms with Gasteiger partial charge in [-0.05, 0) is 43.6 Å². The minimum atomic E-state index is 0.380. The Morgan fingerprint density at radius 3 is 2.53 bits per heavy atom. The number of carbonyl (C=O) groups excluding carboxylic acids is 1. The maximum Gasteiger partial charge on any atom is 0.211 e. The summed E-state index contributed by atoms with van der Waals surface area (Å²) in [7, 11) is 0. The van der Waals surface area contributed by atoms with Crippen LogP contribution in [0.4, 0.5) is 5.69 Å². The van der Waals surface area contributed by atoms with Gasteiger partial charge in [-0.3, -0.25) is 9.69 Å². The molecule has 1 aromatic carbocycles. The number of nitrogens with one attached hydrogen (secondary N) is 1. The Morgan fingerprint density at radius 1 is 1.29 bits per heavy atom. The average Bonchev–Trinajstić information content (AvgIpc) is 2.35. The van der Waals surface area contributed by atoms with Crippen LogP contribution in [-0.2, 0) is 11.3 Å². The lowest BCUT2D eigenvalue weighted by molar-refractivity contribution is -0.105. The van der Waals surface area contributed by atoms with Crippen LogP contribution in [-0.4, -0.2) is 30.4 Å². The van der Waals surface area contributed by atoms with Crippen LogP contribution in [0.2, 0.25) is 0 Å². The van der Waals surface area contributed by atoms with Gasteiger partial charge in [0, 0.05) is 18.3 Å². The highest BCUT2D eigenvalue weighted by Crippen LogP contribution is 2.14. The molecule has 1 saturated heterocycles. The predicted molar refractivity (Wildman–Crippen MR) is 68.6 cm³/mol. The zero-order chi connectivity index (χ0) is 12.1. The molecule has 92 valence electrons. The van der Waals surface area contributed by atoms with Crippen molar-refractivity contribution in [3.63, 3.8) is 0 Å². The van der Waals surface area contributed by atoms with E-state index in [-0.39, 0.29) is 0 Å². The molecule has 17 heavy (non-hydrogen) atoms. The number of nitrogens with two attached hydrogens (primary N) is 1. The van der Waals surface area contributed by atoms with Crippen LogP contribution in [0.1, 0.15) is 18.4 Å². The molecule has 1 aliphatic heterocycles. The summed E-state index contributed by atoms with van der Waals surface area (Å²) >= 11 is 0. The number of piperidine rings is 1. The van der Waals surface area contributed by atoms with Crippen molar-refractivity contribution in [3.8, 4) is 0 Å². The van der Waals surface area contributed by atoms with E-state index in [0.29, 0.717) is 12.5 Å². The summed E-state index contributed by atoms with van der Waals surface area (Å²) < 4.78 is 0. The van der Waals surface area contributed by atoms with Gasteiger partial charge in [-0.25, -0.2) is 0 Å². The van der Waals surface area contributed by atoms with E-state index in [1.807, 2.05) is 12.1 Å². The smallest absolute Gasteiger partial charge is 0.211 e. The molecule has 1 amide bonds. The van der Waals surface area contributed by atoms with Crippen molar-refractivity contribution in [3.05, 3.63) is 29.8 Å². The molecule has 4 nitrogen and oxygen atoms in total.